The Morgan fingerprint density at radius 3 is 2.79 bits per heavy atom. The molecule has 0 radical (unpaired) electrons. The molecule has 0 aliphatic carbocycles. The molecule has 0 bridgehead atoms. The van der Waals surface area contributed by atoms with Gasteiger partial charge in [-0.1, -0.05) is 34.1 Å². The summed E-state index contributed by atoms with van der Waals surface area (Å²) in [6.45, 7) is 1.81. The summed E-state index contributed by atoms with van der Waals surface area (Å²) in [5, 5.41) is 5.41. The van der Waals surface area contributed by atoms with Crippen LogP contribution >= 0.6 is 15.9 Å². The summed E-state index contributed by atoms with van der Waals surface area (Å²) in [6, 6.07) is 13.1. The first-order chi connectivity index (χ1) is 11.5. The fraction of sp³-hybridized carbons (Fsp3) is 0.222. The van der Waals surface area contributed by atoms with Crippen LogP contribution in [0.4, 0.5) is 5.69 Å². The van der Waals surface area contributed by atoms with E-state index in [1.807, 2.05) is 49.4 Å². The SMILES string of the molecule is Cc1cc(Br)ccc1NC(=O)CNC(=O)[C@H]1Cc2ccccc2O1. The Kier molecular flexibility index (Phi) is 4.85. The van der Waals surface area contributed by atoms with Crippen LogP contribution in [0.25, 0.3) is 0 Å². The maximum atomic E-state index is 12.2. The lowest BCUT2D eigenvalue weighted by molar-refractivity contribution is -0.129. The summed E-state index contributed by atoms with van der Waals surface area (Å²) in [4.78, 5) is 24.2. The monoisotopic (exact) mass is 388 g/mol. The summed E-state index contributed by atoms with van der Waals surface area (Å²) in [7, 11) is 0. The van der Waals surface area contributed by atoms with Crippen LogP contribution in [0.1, 0.15) is 11.1 Å². The van der Waals surface area contributed by atoms with E-state index in [0.717, 1.165) is 27.0 Å². The zero-order valence-electron chi connectivity index (χ0n) is 13.1. The number of hydrogen-bond donors (Lipinski definition) is 2. The fourth-order valence-electron chi connectivity index (χ4n) is 2.57. The minimum absolute atomic E-state index is 0.0927. The highest BCUT2D eigenvalue weighted by Crippen LogP contribution is 2.28. The third kappa shape index (κ3) is 3.76. The maximum Gasteiger partial charge on any atom is 0.261 e. The van der Waals surface area contributed by atoms with Gasteiger partial charge in [-0.3, -0.25) is 9.59 Å². The van der Waals surface area contributed by atoms with Crippen LogP contribution in [-0.4, -0.2) is 24.5 Å². The molecule has 0 aromatic heterocycles. The van der Waals surface area contributed by atoms with Gasteiger partial charge in [0.15, 0.2) is 6.10 Å². The van der Waals surface area contributed by atoms with Gasteiger partial charge in [-0.05, 0) is 42.3 Å². The molecule has 6 heteroatoms. The lowest BCUT2D eigenvalue weighted by atomic mass is 10.1. The molecular weight excluding hydrogens is 372 g/mol. The summed E-state index contributed by atoms with van der Waals surface area (Å²) < 4.78 is 6.55. The Bertz CT molecular complexity index is 767. The number of carbonyl (C=O) groups is 2. The molecule has 124 valence electrons. The number of rotatable bonds is 4. The van der Waals surface area contributed by atoms with Crippen molar-refractivity contribution in [3.05, 3.63) is 58.1 Å². The average Bonchev–Trinajstić information content (AvgIpc) is 2.99. The van der Waals surface area contributed by atoms with Gasteiger partial charge in [0.05, 0.1) is 6.54 Å². The van der Waals surface area contributed by atoms with E-state index in [1.165, 1.54) is 0 Å². The average molecular weight is 389 g/mol. The molecule has 1 atom stereocenters. The molecule has 0 spiro atoms. The van der Waals surface area contributed by atoms with Crippen LogP contribution in [-0.2, 0) is 16.0 Å². The van der Waals surface area contributed by atoms with Crippen LogP contribution in [0, 0.1) is 6.92 Å². The number of amides is 2. The second-order valence-corrected chi connectivity index (χ2v) is 6.56. The summed E-state index contributed by atoms with van der Waals surface area (Å²) >= 11 is 3.38. The van der Waals surface area contributed by atoms with Crippen LogP contribution in [0.3, 0.4) is 0 Å². The topological polar surface area (TPSA) is 67.4 Å². The van der Waals surface area contributed by atoms with Crippen molar-refractivity contribution in [2.75, 3.05) is 11.9 Å². The molecule has 2 amide bonds. The predicted molar refractivity (Wildman–Crippen MR) is 95.1 cm³/mol. The van der Waals surface area contributed by atoms with Crippen molar-refractivity contribution in [3.8, 4) is 5.75 Å². The molecule has 0 fully saturated rings. The Hall–Kier alpha value is -2.34. The Morgan fingerprint density at radius 1 is 1.25 bits per heavy atom. The number of nitrogens with one attached hydrogen (secondary N) is 2. The highest BCUT2D eigenvalue weighted by Gasteiger charge is 2.28. The second kappa shape index (κ2) is 7.05. The normalized spacial score (nSPS) is 15.3. The van der Waals surface area contributed by atoms with Crippen LogP contribution in [0.5, 0.6) is 5.75 Å². The van der Waals surface area contributed by atoms with Gasteiger partial charge >= 0.3 is 0 Å². The minimum atomic E-state index is -0.579. The molecule has 1 aliphatic rings. The first kappa shape index (κ1) is 16.5. The largest absolute Gasteiger partial charge is 0.480 e. The molecule has 1 heterocycles. The molecule has 0 saturated carbocycles. The van der Waals surface area contributed by atoms with Gasteiger partial charge in [-0.15, -0.1) is 0 Å². The van der Waals surface area contributed by atoms with Gasteiger partial charge < -0.3 is 15.4 Å². The number of aryl methyl sites for hydroxylation is 1. The van der Waals surface area contributed by atoms with E-state index in [0.29, 0.717) is 6.42 Å². The minimum Gasteiger partial charge on any atom is -0.480 e. The maximum absolute atomic E-state index is 12.2. The first-order valence-electron chi connectivity index (χ1n) is 7.61. The van der Waals surface area contributed by atoms with E-state index in [2.05, 4.69) is 26.6 Å². The van der Waals surface area contributed by atoms with E-state index >= 15 is 0 Å². The second-order valence-electron chi connectivity index (χ2n) is 5.64. The van der Waals surface area contributed by atoms with Crippen molar-refractivity contribution < 1.29 is 14.3 Å². The third-order valence-corrected chi connectivity index (χ3v) is 4.32. The molecule has 0 unspecified atom stereocenters. The number of carbonyl (C=O) groups excluding carboxylic acids is 2. The van der Waals surface area contributed by atoms with E-state index in [4.69, 9.17) is 4.74 Å². The van der Waals surface area contributed by atoms with E-state index in [1.54, 1.807) is 0 Å². The molecule has 1 aliphatic heterocycles. The van der Waals surface area contributed by atoms with Gasteiger partial charge in [0, 0.05) is 16.6 Å². The van der Waals surface area contributed by atoms with Crippen molar-refractivity contribution in [1.29, 1.82) is 0 Å². The molecule has 24 heavy (non-hydrogen) atoms. The number of halogens is 1. The molecule has 0 saturated heterocycles. The molecule has 5 nitrogen and oxygen atoms in total. The van der Waals surface area contributed by atoms with Crippen molar-refractivity contribution >= 4 is 33.4 Å². The molecular formula is C18H17BrN2O3. The van der Waals surface area contributed by atoms with Gasteiger partial charge in [-0.25, -0.2) is 0 Å². The number of ether oxygens (including phenoxy) is 1. The summed E-state index contributed by atoms with van der Waals surface area (Å²) in [5.74, 6) is 0.172. The Labute approximate surface area is 148 Å². The highest BCUT2D eigenvalue weighted by atomic mass is 79.9. The number of hydrogen-bond acceptors (Lipinski definition) is 3. The Morgan fingerprint density at radius 2 is 2.04 bits per heavy atom. The van der Waals surface area contributed by atoms with Gasteiger partial charge in [0.2, 0.25) is 5.91 Å². The number of anilines is 1. The van der Waals surface area contributed by atoms with Crippen molar-refractivity contribution in [3.63, 3.8) is 0 Å². The highest BCUT2D eigenvalue weighted by molar-refractivity contribution is 9.10. The molecule has 2 aromatic carbocycles. The number of benzene rings is 2. The predicted octanol–water partition coefficient (Wildman–Crippen LogP) is 2.82. The van der Waals surface area contributed by atoms with E-state index < -0.39 is 6.10 Å². The van der Waals surface area contributed by atoms with Crippen LogP contribution < -0.4 is 15.4 Å². The van der Waals surface area contributed by atoms with Crippen LogP contribution in [0.2, 0.25) is 0 Å². The summed E-state index contributed by atoms with van der Waals surface area (Å²) in [5.41, 5.74) is 2.67. The third-order valence-electron chi connectivity index (χ3n) is 3.83. The standard InChI is InChI=1S/C18H17BrN2O3/c1-11-8-13(19)6-7-14(11)21-17(22)10-20-18(23)16-9-12-4-2-3-5-15(12)24-16/h2-8,16H,9-10H2,1H3,(H,20,23)(H,21,22)/t16-/m1/s1. The number of para-hydroxylation sites is 1. The molecule has 2 N–H and O–H groups in total. The number of fused-ring (bicyclic) bond motifs is 1. The summed E-state index contributed by atoms with van der Waals surface area (Å²) in [6.07, 6.45) is -0.0558. The van der Waals surface area contributed by atoms with Gasteiger partial charge in [-0.2, -0.15) is 0 Å². The quantitative estimate of drug-likeness (QED) is 0.845. The lowest BCUT2D eigenvalue weighted by Crippen LogP contribution is -2.41. The zero-order valence-corrected chi connectivity index (χ0v) is 14.7. The smallest absolute Gasteiger partial charge is 0.261 e. The fourth-order valence-corrected chi connectivity index (χ4v) is 3.05. The van der Waals surface area contributed by atoms with Crippen molar-refractivity contribution in [1.82, 2.24) is 5.32 Å². The van der Waals surface area contributed by atoms with Gasteiger partial charge in [0.1, 0.15) is 5.75 Å². The van der Waals surface area contributed by atoms with Gasteiger partial charge in [0.25, 0.3) is 5.91 Å². The van der Waals surface area contributed by atoms with Crippen molar-refractivity contribution in [2.45, 2.75) is 19.4 Å². The van der Waals surface area contributed by atoms with E-state index in [9.17, 15) is 9.59 Å². The van der Waals surface area contributed by atoms with Crippen molar-refractivity contribution in [2.24, 2.45) is 0 Å². The van der Waals surface area contributed by atoms with E-state index in [-0.39, 0.29) is 18.4 Å². The molecule has 2 aromatic rings. The zero-order chi connectivity index (χ0) is 17.1. The molecule has 3 rings (SSSR count). The Balaban J connectivity index is 1.51. The van der Waals surface area contributed by atoms with Crippen LogP contribution in [0.15, 0.2) is 46.9 Å². The lowest BCUT2D eigenvalue weighted by Gasteiger charge is -2.12. The first-order valence-corrected chi connectivity index (χ1v) is 8.40.